The number of hydrogen-bond donors (Lipinski definition) is 1. The first kappa shape index (κ1) is 17.6. The number of benzene rings is 1. The minimum Gasteiger partial charge on any atom is -0.463 e. The summed E-state index contributed by atoms with van der Waals surface area (Å²) in [5, 5.41) is 2.77. The van der Waals surface area contributed by atoms with Gasteiger partial charge in [-0.25, -0.2) is 9.59 Å². The van der Waals surface area contributed by atoms with Crippen LogP contribution in [0.1, 0.15) is 41.8 Å². The zero-order valence-corrected chi connectivity index (χ0v) is 13.9. The van der Waals surface area contributed by atoms with E-state index in [2.05, 4.69) is 10.1 Å². The van der Waals surface area contributed by atoms with Gasteiger partial charge in [-0.3, -0.25) is 0 Å². The molecule has 1 aromatic heterocycles. The molecule has 0 fully saturated rings. The summed E-state index contributed by atoms with van der Waals surface area (Å²) in [5.41, 5.74) is 0.903. The van der Waals surface area contributed by atoms with Crippen molar-refractivity contribution >= 4 is 12.1 Å². The van der Waals surface area contributed by atoms with Gasteiger partial charge in [-0.15, -0.1) is 0 Å². The average Bonchev–Trinajstić information content (AvgIpc) is 3.07. The van der Waals surface area contributed by atoms with E-state index in [0.717, 1.165) is 5.56 Å². The molecule has 0 unspecified atom stereocenters. The van der Waals surface area contributed by atoms with Crippen molar-refractivity contribution in [3.8, 4) is 0 Å². The predicted octanol–water partition coefficient (Wildman–Crippen LogP) is 3.69. The van der Waals surface area contributed by atoms with E-state index in [4.69, 9.17) is 9.15 Å². The molecule has 0 spiro atoms. The monoisotopic (exact) mass is 331 g/mol. The lowest BCUT2D eigenvalue weighted by Gasteiger charge is -2.20. The summed E-state index contributed by atoms with van der Waals surface area (Å²) >= 11 is 0. The van der Waals surface area contributed by atoms with Crippen LogP contribution in [0.3, 0.4) is 0 Å². The zero-order valence-electron chi connectivity index (χ0n) is 13.9. The standard InChI is InChI=1S/C18H21NO5/c1-12(2)16(14-9-10-15(24-14)17(20)22-3)19-18(21)23-11-13-7-5-4-6-8-13/h4-10,12,16H,11H2,1-3H3,(H,19,21)/t16-/m1/s1. The van der Waals surface area contributed by atoms with Crippen LogP contribution in [0.25, 0.3) is 0 Å². The summed E-state index contributed by atoms with van der Waals surface area (Å²) in [6.45, 7) is 4.05. The van der Waals surface area contributed by atoms with E-state index >= 15 is 0 Å². The number of nitrogens with one attached hydrogen (secondary N) is 1. The summed E-state index contributed by atoms with van der Waals surface area (Å²) in [6, 6.07) is 12.2. The minimum absolute atomic E-state index is 0.0472. The Bertz CT molecular complexity index is 678. The number of carbonyl (C=O) groups is 2. The number of amides is 1. The Morgan fingerprint density at radius 2 is 1.83 bits per heavy atom. The molecule has 6 heteroatoms. The highest BCUT2D eigenvalue weighted by Gasteiger charge is 2.24. The maximum absolute atomic E-state index is 12.0. The molecule has 0 aliphatic heterocycles. The number of carbonyl (C=O) groups excluding carboxylic acids is 2. The third-order valence-electron chi connectivity index (χ3n) is 3.47. The largest absolute Gasteiger partial charge is 0.463 e. The number of hydrogen-bond acceptors (Lipinski definition) is 5. The first-order valence-corrected chi connectivity index (χ1v) is 7.66. The summed E-state index contributed by atoms with van der Waals surface area (Å²) in [5.74, 6) is 0.0565. The summed E-state index contributed by atoms with van der Waals surface area (Å²) in [7, 11) is 1.28. The third-order valence-corrected chi connectivity index (χ3v) is 3.47. The van der Waals surface area contributed by atoms with E-state index in [0.29, 0.717) is 5.76 Å². The van der Waals surface area contributed by atoms with E-state index in [1.54, 1.807) is 6.07 Å². The van der Waals surface area contributed by atoms with Gasteiger partial charge in [0.2, 0.25) is 5.76 Å². The van der Waals surface area contributed by atoms with Crippen molar-refractivity contribution in [2.24, 2.45) is 5.92 Å². The minimum atomic E-state index is -0.560. The maximum atomic E-state index is 12.0. The van der Waals surface area contributed by atoms with E-state index in [1.807, 2.05) is 44.2 Å². The molecule has 2 aromatic rings. The third kappa shape index (κ3) is 4.62. The Labute approximate surface area is 140 Å². The van der Waals surface area contributed by atoms with Crippen LogP contribution in [-0.2, 0) is 16.1 Å². The fourth-order valence-electron chi connectivity index (χ4n) is 2.19. The Morgan fingerprint density at radius 3 is 2.46 bits per heavy atom. The molecule has 0 saturated carbocycles. The molecule has 1 atom stereocenters. The van der Waals surface area contributed by atoms with Gasteiger partial charge in [0.05, 0.1) is 13.2 Å². The number of methoxy groups -OCH3 is 1. The molecule has 0 aliphatic carbocycles. The lowest BCUT2D eigenvalue weighted by molar-refractivity contribution is 0.0561. The quantitative estimate of drug-likeness (QED) is 0.817. The first-order valence-electron chi connectivity index (χ1n) is 7.66. The highest BCUT2D eigenvalue weighted by molar-refractivity contribution is 5.86. The van der Waals surface area contributed by atoms with Gasteiger partial charge < -0.3 is 19.2 Å². The molecule has 0 aliphatic rings. The molecule has 0 saturated heterocycles. The second-order valence-electron chi connectivity index (χ2n) is 5.62. The summed E-state index contributed by atoms with van der Waals surface area (Å²) in [6.07, 6.45) is -0.548. The van der Waals surface area contributed by atoms with Crippen molar-refractivity contribution in [3.05, 3.63) is 59.5 Å². The van der Waals surface area contributed by atoms with E-state index in [-0.39, 0.29) is 18.3 Å². The average molecular weight is 331 g/mol. The first-order chi connectivity index (χ1) is 11.5. The van der Waals surface area contributed by atoms with E-state index in [1.165, 1.54) is 13.2 Å². The predicted molar refractivity (Wildman–Crippen MR) is 87.4 cm³/mol. The van der Waals surface area contributed by atoms with Crippen LogP contribution < -0.4 is 5.32 Å². The van der Waals surface area contributed by atoms with Crippen LogP contribution in [0.5, 0.6) is 0 Å². The van der Waals surface area contributed by atoms with Crippen LogP contribution in [0.15, 0.2) is 46.9 Å². The van der Waals surface area contributed by atoms with Gasteiger partial charge >= 0.3 is 12.1 Å². The highest BCUT2D eigenvalue weighted by Crippen LogP contribution is 2.24. The SMILES string of the molecule is COC(=O)c1ccc([C@H](NC(=O)OCc2ccccc2)C(C)C)o1. The molecule has 1 amide bonds. The molecule has 6 nitrogen and oxygen atoms in total. The zero-order chi connectivity index (χ0) is 17.5. The van der Waals surface area contributed by atoms with Crippen LogP contribution in [-0.4, -0.2) is 19.2 Å². The molecule has 2 rings (SSSR count). The normalized spacial score (nSPS) is 11.8. The topological polar surface area (TPSA) is 77.8 Å². The number of ether oxygens (including phenoxy) is 2. The smallest absolute Gasteiger partial charge is 0.408 e. The van der Waals surface area contributed by atoms with Crippen molar-refractivity contribution in [2.45, 2.75) is 26.5 Å². The van der Waals surface area contributed by atoms with Crippen LogP contribution in [0.2, 0.25) is 0 Å². The van der Waals surface area contributed by atoms with Gasteiger partial charge in [-0.1, -0.05) is 44.2 Å². The van der Waals surface area contributed by atoms with Crippen LogP contribution in [0.4, 0.5) is 4.79 Å². The molecule has 0 radical (unpaired) electrons. The second-order valence-corrected chi connectivity index (χ2v) is 5.62. The van der Waals surface area contributed by atoms with Gasteiger partial charge in [0.15, 0.2) is 0 Å². The Balaban J connectivity index is 1.99. The van der Waals surface area contributed by atoms with Crippen molar-refractivity contribution in [2.75, 3.05) is 7.11 Å². The number of furan rings is 1. The number of rotatable bonds is 6. The van der Waals surface area contributed by atoms with Gasteiger partial charge in [0.1, 0.15) is 12.4 Å². The van der Waals surface area contributed by atoms with Gasteiger partial charge in [-0.05, 0) is 23.6 Å². The molecular formula is C18H21NO5. The fraction of sp³-hybridized carbons (Fsp3) is 0.333. The molecule has 1 N–H and O–H groups in total. The van der Waals surface area contributed by atoms with Gasteiger partial charge in [-0.2, -0.15) is 0 Å². The molecule has 24 heavy (non-hydrogen) atoms. The second kappa shape index (κ2) is 8.19. The van der Waals surface area contributed by atoms with Crippen molar-refractivity contribution in [3.63, 3.8) is 0 Å². The van der Waals surface area contributed by atoms with E-state index < -0.39 is 18.1 Å². The maximum Gasteiger partial charge on any atom is 0.408 e. The molecule has 0 bridgehead atoms. The van der Waals surface area contributed by atoms with Crippen molar-refractivity contribution < 1.29 is 23.5 Å². The van der Waals surface area contributed by atoms with Crippen LogP contribution >= 0.6 is 0 Å². The van der Waals surface area contributed by atoms with Crippen molar-refractivity contribution in [1.29, 1.82) is 0 Å². The fourth-order valence-corrected chi connectivity index (χ4v) is 2.19. The molecular weight excluding hydrogens is 310 g/mol. The molecule has 1 aromatic carbocycles. The number of esters is 1. The van der Waals surface area contributed by atoms with Gasteiger partial charge in [0, 0.05) is 0 Å². The Kier molecular flexibility index (Phi) is 6.01. The van der Waals surface area contributed by atoms with Crippen LogP contribution in [0, 0.1) is 5.92 Å². The molecule has 128 valence electrons. The van der Waals surface area contributed by atoms with Gasteiger partial charge in [0.25, 0.3) is 0 Å². The lowest BCUT2D eigenvalue weighted by atomic mass is 10.0. The summed E-state index contributed by atoms with van der Waals surface area (Å²) < 4.78 is 15.3. The van der Waals surface area contributed by atoms with Crippen molar-refractivity contribution in [1.82, 2.24) is 5.32 Å². The van der Waals surface area contributed by atoms with E-state index in [9.17, 15) is 9.59 Å². The molecule has 1 heterocycles. The summed E-state index contributed by atoms with van der Waals surface area (Å²) in [4.78, 5) is 23.5. The number of alkyl carbamates (subject to hydrolysis) is 1. The Morgan fingerprint density at radius 1 is 1.12 bits per heavy atom. The Hall–Kier alpha value is -2.76. The highest BCUT2D eigenvalue weighted by atomic mass is 16.5. The lowest BCUT2D eigenvalue weighted by Crippen LogP contribution is -2.32.